The van der Waals surface area contributed by atoms with Crippen LogP contribution in [-0.4, -0.2) is 51.6 Å². The average molecular weight is 377 g/mol. The number of aryl methyl sites for hydroxylation is 1. The number of piperidine rings is 1. The Morgan fingerprint density at radius 3 is 2.71 bits per heavy atom. The van der Waals surface area contributed by atoms with Gasteiger partial charge in [0.2, 0.25) is 5.91 Å². The molecule has 0 unspecified atom stereocenters. The van der Waals surface area contributed by atoms with E-state index in [0.29, 0.717) is 19.0 Å². The normalized spacial score (nSPS) is 15.8. The summed E-state index contributed by atoms with van der Waals surface area (Å²) in [6.07, 6.45) is 4.91. The minimum atomic E-state index is 0.111. The molecule has 0 atom stereocenters. The molecule has 0 spiro atoms. The second-order valence-electron chi connectivity index (χ2n) is 7.56. The van der Waals surface area contributed by atoms with Crippen molar-refractivity contribution in [3.8, 4) is 0 Å². The number of hydrogen-bond donors (Lipinski definition) is 1. The van der Waals surface area contributed by atoms with Crippen LogP contribution < -0.4 is 5.32 Å². The molecule has 1 aliphatic rings. The molecule has 2 aromatic heterocycles. The van der Waals surface area contributed by atoms with Crippen LogP contribution in [0.5, 0.6) is 0 Å². The number of carbonyl (C=O) groups excluding carboxylic acids is 1. The molecule has 1 fully saturated rings. The van der Waals surface area contributed by atoms with Crippen molar-refractivity contribution in [2.45, 2.75) is 32.1 Å². The van der Waals surface area contributed by atoms with Crippen LogP contribution in [0.4, 0.5) is 0 Å². The summed E-state index contributed by atoms with van der Waals surface area (Å²) in [5.41, 5.74) is 3.47. The van der Waals surface area contributed by atoms with Gasteiger partial charge < -0.3 is 5.32 Å². The van der Waals surface area contributed by atoms with Gasteiger partial charge >= 0.3 is 0 Å². The Morgan fingerprint density at radius 2 is 1.89 bits per heavy atom. The van der Waals surface area contributed by atoms with Crippen molar-refractivity contribution in [3.05, 3.63) is 65.6 Å². The van der Waals surface area contributed by atoms with Crippen LogP contribution in [0.15, 0.2) is 48.7 Å². The first-order chi connectivity index (χ1) is 13.7. The third kappa shape index (κ3) is 4.22. The van der Waals surface area contributed by atoms with Crippen LogP contribution in [0.25, 0.3) is 5.65 Å². The van der Waals surface area contributed by atoms with Gasteiger partial charge in [0, 0.05) is 18.7 Å². The SMILES string of the molecule is Cc1ccccc1CCNC(=O)CN1CCC(c2nnc3ccccn23)CC1. The van der Waals surface area contributed by atoms with Crippen LogP contribution in [-0.2, 0) is 11.2 Å². The molecule has 0 aliphatic carbocycles. The molecular weight excluding hydrogens is 350 g/mol. The van der Waals surface area contributed by atoms with E-state index in [4.69, 9.17) is 0 Å². The number of pyridine rings is 1. The number of nitrogens with one attached hydrogen (secondary N) is 1. The van der Waals surface area contributed by atoms with E-state index in [9.17, 15) is 4.79 Å². The van der Waals surface area contributed by atoms with E-state index in [1.54, 1.807) is 0 Å². The van der Waals surface area contributed by atoms with Crippen molar-refractivity contribution in [2.75, 3.05) is 26.2 Å². The first-order valence-electron chi connectivity index (χ1n) is 10.0. The largest absolute Gasteiger partial charge is 0.355 e. The van der Waals surface area contributed by atoms with Gasteiger partial charge in [-0.2, -0.15) is 0 Å². The fourth-order valence-electron chi connectivity index (χ4n) is 3.97. The zero-order chi connectivity index (χ0) is 19.3. The van der Waals surface area contributed by atoms with Crippen LogP contribution in [0.2, 0.25) is 0 Å². The van der Waals surface area contributed by atoms with Gasteiger partial charge in [-0.05, 0) is 62.5 Å². The molecule has 6 heteroatoms. The van der Waals surface area contributed by atoms with Crippen molar-refractivity contribution < 1.29 is 4.79 Å². The van der Waals surface area contributed by atoms with Crippen molar-refractivity contribution in [1.82, 2.24) is 24.8 Å². The number of fused-ring (bicyclic) bond motifs is 1. The summed E-state index contributed by atoms with van der Waals surface area (Å²) in [5, 5.41) is 11.7. The molecule has 1 N–H and O–H groups in total. The lowest BCUT2D eigenvalue weighted by Gasteiger charge is -2.30. The highest BCUT2D eigenvalue weighted by molar-refractivity contribution is 5.78. The van der Waals surface area contributed by atoms with E-state index >= 15 is 0 Å². The lowest BCUT2D eigenvalue weighted by atomic mass is 9.96. The first kappa shape index (κ1) is 18.6. The summed E-state index contributed by atoms with van der Waals surface area (Å²) in [6, 6.07) is 14.3. The lowest BCUT2D eigenvalue weighted by Crippen LogP contribution is -2.41. The summed E-state index contributed by atoms with van der Waals surface area (Å²) in [4.78, 5) is 14.5. The second kappa shape index (κ2) is 8.52. The van der Waals surface area contributed by atoms with E-state index in [0.717, 1.165) is 43.8 Å². The molecule has 0 bridgehead atoms. The molecule has 0 saturated carbocycles. The molecule has 0 radical (unpaired) electrons. The summed E-state index contributed by atoms with van der Waals surface area (Å²) in [5.74, 6) is 1.55. The topological polar surface area (TPSA) is 62.5 Å². The van der Waals surface area contributed by atoms with Crippen molar-refractivity contribution in [2.24, 2.45) is 0 Å². The summed E-state index contributed by atoms with van der Waals surface area (Å²) in [7, 11) is 0. The monoisotopic (exact) mass is 377 g/mol. The number of hydrogen-bond acceptors (Lipinski definition) is 4. The number of nitrogens with zero attached hydrogens (tertiary/aromatic N) is 4. The van der Waals surface area contributed by atoms with Gasteiger partial charge in [0.1, 0.15) is 5.82 Å². The van der Waals surface area contributed by atoms with Crippen molar-refractivity contribution in [3.63, 3.8) is 0 Å². The van der Waals surface area contributed by atoms with Crippen molar-refractivity contribution >= 4 is 11.6 Å². The van der Waals surface area contributed by atoms with Crippen LogP contribution in [0.1, 0.15) is 35.7 Å². The molecule has 28 heavy (non-hydrogen) atoms. The highest BCUT2D eigenvalue weighted by Crippen LogP contribution is 2.26. The zero-order valence-electron chi connectivity index (χ0n) is 16.3. The van der Waals surface area contributed by atoms with Gasteiger partial charge in [-0.3, -0.25) is 14.1 Å². The number of carbonyl (C=O) groups is 1. The number of aromatic nitrogens is 3. The summed E-state index contributed by atoms with van der Waals surface area (Å²) in [6.45, 7) is 5.10. The fraction of sp³-hybridized carbons (Fsp3) is 0.409. The Morgan fingerprint density at radius 1 is 1.11 bits per heavy atom. The van der Waals surface area contributed by atoms with Crippen LogP contribution >= 0.6 is 0 Å². The highest BCUT2D eigenvalue weighted by atomic mass is 16.2. The van der Waals surface area contributed by atoms with E-state index in [1.807, 2.05) is 36.5 Å². The molecular formula is C22H27N5O. The summed E-state index contributed by atoms with van der Waals surface area (Å²) < 4.78 is 2.08. The first-order valence-corrected chi connectivity index (χ1v) is 10.0. The number of benzene rings is 1. The van der Waals surface area contributed by atoms with Gasteiger partial charge in [-0.15, -0.1) is 10.2 Å². The van der Waals surface area contributed by atoms with E-state index < -0.39 is 0 Å². The molecule has 1 aromatic carbocycles. The maximum atomic E-state index is 12.3. The van der Waals surface area contributed by atoms with E-state index in [-0.39, 0.29) is 5.91 Å². The maximum absolute atomic E-state index is 12.3. The molecule has 3 aromatic rings. The maximum Gasteiger partial charge on any atom is 0.234 e. The summed E-state index contributed by atoms with van der Waals surface area (Å²) >= 11 is 0. The standard InChI is InChI=1S/C22H27N5O/c1-17-6-2-3-7-18(17)9-12-23-21(28)16-26-14-10-19(11-15-26)22-25-24-20-8-4-5-13-27(20)22/h2-8,13,19H,9-12,14-16H2,1H3,(H,23,28). The smallest absolute Gasteiger partial charge is 0.234 e. The minimum absolute atomic E-state index is 0.111. The molecule has 1 saturated heterocycles. The average Bonchev–Trinajstić information content (AvgIpc) is 3.14. The lowest BCUT2D eigenvalue weighted by molar-refractivity contribution is -0.122. The fourth-order valence-corrected chi connectivity index (χ4v) is 3.97. The predicted octanol–water partition coefficient (Wildman–Crippen LogP) is 2.58. The van der Waals surface area contributed by atoms with Crippen molar-refractivity contribution in [1.29, 1.82) is 0 Å². The molecule has 1 aliphatic heterocycles. The van der Waals surface area contributed by atoms with Gasteiger partial charge in [-0.1, -0.05) is 30.3 Å². The van der Waals surface area contributed by atoms with E-state index in [1.165, 1.54) is 11.1 Å². The predicted molar refractivity (Wildman–Crippen MR) is 109 cm³/mol. The number of amides is 1. The number of likely N-dealkylation sites (tertiary alicyclic amines) is 1. The van der Waals surface area contributed by atoms with Gasteiger partial charge in [0.15, 0.2) is 5.65 Å². The number of rotatable bonds is 6. The second-order valence-corrected chi connectivity index (χ2v) is 7.56. The zero-order valence-corrected chi connectivity index (χ0v) is 16.3. The van der Waals surface area contributed by atoms with Gasteiger partial charge in [0.05, 0.1) is 6.54 Å². The quantitative estimate of drug-likeness (QED) is 0.717. The molecule has 3 heterocycles. The van der Waals surface area contributed by atoms with Crippen LogP contribution in [0.3, 0.4) is 0 Å². The van der Waals surface area contributed by atoms with Crippen LogP contribution in [0, 0.1) is 6.92 Å². The third-order valence-electron chi connectivity index (χ3n) is 5.64. The van der Waals surface area contributed by atoms with Gasteiger partial charge in [-0.25, -0.2) is 0 Å². The Bertz CT molecular complexity index is 943. The highest BCUT2D eigenvalue weighted by Gasteiger charge is 2.25. The third-order valence-corrected chi connectivity index (χ3v) is 5.64. The Kier molecular flexibility index (Phi) is 5.67. The minimum Gasteiger partial charge on any atom is -0.355 e. The molecule has 6 nitrogen and oxygen atoms in total. The Hall–Kier alpha value is -2.73. The Balaban J connectivity index is 1.23. The Labute approximate surface area is 165 Å². The van der Waals surface area contributed by atoms with E-state index in [2.05, 4.69) is 43.9 Å². The van der Waals surface area contributed by atoms with Gasteiger partial charge in [0.25, 0.3) is 0 Å². The molecule has 4 rings (SSSR count). The molecule has 146 valence electrons. The molecule has 1 amide bonds.